The Hall–Kier alpha value is -1.17. The van der Waals surface area contributed by atoms with Gasteiger partial charge in [-0.3, -0.25) is 0 Å². The highest BCUT2D eigenvalue weighted by atomic mass is 32.1. The molecule has 21 heavy (non-hydrogen) atoms. The first kappa shape index (κ1) is 13.5. The summed E-state index contributed by atoms with van der Waals surface area (Å²) < 4.78 is 5.38. The molecule has 0 aromatic carbocycles. The van der Waals surface area contributed by atoms with Crippen LogP contribution < -0.4 is 5.32 Å². The largest absolute Gasteiger partial charge is 0.462 e. The molecule has 1 aliphatic heterocycles. The summed E-state index contributed by atoms with van der Waals surface area (Å²) in [6, 6.07) is 4.78. The molecule has 1 N–H and O–H groups in total. The van der Waals surface area contributed by atoms with Crippen molar-refractivity contribution in [3.63, 3.8) is 0 Å². The highest BCUT2D eigenvalue weighted by Crippen LogP contribution is 2.31. The topological polar surface area (TPSA) is 41.3 Å². The van der Waals surface area contributed by atoms with Crippen molar-refractivity contribution in [3.8, 4) is 10.8 Å². The number of aromatic nitrogens is 1. The maximum atomic E-state index is 5.38. The van der Waals surface area contributed by atoms with Gasteiger partial charge in [0.15, 0.2) is 10.8 Å². The van der Waals surface area contributed by atoms with Crippen LogP contribution in [0.15, 0.2) is 28.2 Å². The molecule has 2 fully saturated rings. The zero-order chi connectivity index (χ0) is 14.1. The van der Waals surface area contributed by atoms with Crippen LogP contribution in [0.2, 0.25) is 0 Å². The Bertz CT molecular complexity index is 576. The summed E-state index contributed by atoms with van der Waals surface area (Å²) in [6.45, 7) is 4.55. The SMILES string of the molecule is c1coc(-c2nc(CNCC3CCN(C4CC4)C3)cs2)c1. The van der Waals surface area contributed by atoms with Gasteiger partial charge in [-0.05, 0) is 50.4 Å². The fourth-order valence-electron chi connectivity index (χ4n) is 3.11. The molecule has 1 unspecified atom stereocenters. The number of hydrogen-bond donors (Lipinski definition) is 1. The summed E-state index contributed by atoms with van der Waals surface area (Å²) in [5.74, 6) is 1.68. The molecule has 0 radical (unpaired) electrons. The van der Waals surface area contributed by atoms with Crippen molar-refractivity contribution in [1.82, 2.24) is 15.2 Å². The fourth-order valence-corrected chi connectivity index (χ4v) is 3.89. The zero-order valence-electron chi connectivity index (χ0n) is 12.1. The fraction of sp³-hybridized carbons (Fsp3) is 0.562. The van der Waals surface area contributed by atoms with Gasteiger partial charge in [-0.2, -0.15) is 0 Å². The molecule has 2 aromatic rings. The number of nitrogens with one attached hydrogen (secondary N) is 1. The van der Waals surface area contributed by atoms with E-state index in [0.29, 0.717) is 0 Å². The van der Waals surface area contributed by atoms with Gasteiger partial charge in [0.1, 0.15) is 0 Å². The molecule has 1 saturated heterocycles. The lowest BCUT2D eigenvalue weighted by atomic mass is 10.1. The first-order valence-corrected chi connectivity index (χ1v) is 8.69. The molecule has 2 aromatic heterocycles. The number of nitrogens with zero attached hydrogens (tertiary/aromatic N) is 2. The third-order valence-corrected chi connectivity index (χ3v) is 5.31. The summed E-state index contributed by atoms with van der Waals surface area (Å²) >= 11 is 1.65. The van der Waals surface area contributed by atoms with E-state index in [1.54, 1.807) is 17.6 Å². The second-order valence-corrected chi connectivity index (χ2v) is 6.99. The molecule has 4 rings (SSSR count). The van der Waals surface area contributed by atoms with E-state index in [-0.39, 0.29) is 0 Å². The van der Waals surface area contributed by atoms with E-state index < -0.39 is 0 Å². The van der Waals surface area contributed by atoms with Crippen molar-refractivity contribution in [2.45, 2.75) is 31.8 Å². The molecule has 2 aliphatic rings. The maximum Gasteiger partial charge on any atom is 0.162 e. The molecular formula is C16H21N3OS. The lowest BCUT2D eigenvalue weighted by Gasteiger charge is -2.14. The normalized spacial score (nSPS) is 23.0. The third-order valence-electron chi connectivity index (χ3n) is 4.40. The van der Waals surface area contributed by atoms with Gasteiger partial charge in [-0.1, -0.05) is 0 Å². The Balaban J connectivity index is 1.24. The first-order chi connectivity index (χ1) is 10.4. The minimum absolute atomic E-state index is 0.814. The zero-order valence-corrected chi connectivity index (χ0v) is 12.9. The maximum absolute atomic E-state index is 5.38. The average molecular weight is 303 g/mol. The molecule has 1 aliphatic carbocycles. The van der Waals surface area contributed by atoms with Gasteiger partial charge in [0.2, 0.25) is 0 Å². The highest BCUT2D eigenvalue weighted by Gasteiger charge is 2.33. The van der Waals surface area contributed by atoms with Gasteiger partial charge >= 0.3 is 0 Å². The number of rotatable bonds is 6. The van der Waals surface area contributed by atoms with Crippen LogP contribution in [0.5, 0.6) is 0 Å². The molecule has 1 atom stereocenters. The van der Waals surface area contributed by atoms with E-state index in [1.807, 2.05) is 12.1 Å². The van der Waals surface area contributed by atoms with E-state index in [0.717, 1.165) is 41.5 Å². The Morgan fingerprint density at radius 3 is 3.14 bits per heavy atom. The highest BCUT2D eigenvalue weighted by molar-refractivity contribution is 7.13. The molecular weight excluding hydrogens is 282 g/mol. The summed E-state index contributed by atoms with van der Waals surface area (Å²) in [7, 11) is 0. The van der Waals surface area contributed by atoms with Crippen LogP contribution in [0.4, 0.5) is 0 Å². The van der Waals surface area contributed by atoms with Gasteiger partial charge in [0.05, 0.1) is 12.0 Å². The van der Waals surface area contributed by atoms with Crippen molar-refractivity contribution in [2.24, 2.45) is 5.92 Å². The van der Waals surface area contributed by atoms with Gasteiger partial charge in [-0.15, -0.1) is 11.3 Å². The van der Waals surface area contributed by atoms with Crippen LogP contribution in [0.1, 0.15) is 25.0 Å². The smallest absolute Gasteiger partial charge is 0.162 e. The van der Waals surface area contributed by atoms with Crippen molar-refractivity contribution in [2.75, 3.05) is 19.6 Å². The lowest BCUT2D eigenvalue weighted by Crippen LogP contribution is -2.27. The molecule has 0 spiro atoms. The third kappa shape index (κ3) is 3.20. The lowest BCUT2D eigenvalue weighted by molar-refractivity contribution is 0.311. The van der Waals surface area contributed by atoms with Gasteiger partial charge in [-0.25, -0.2) is 4.98 Å². The van der Waals surface area contributed by atoms with E-state index >= 15 is 0 Å². The molecule has 0 amide bonds. The van der Waals surface area contributed by atoms with Gasteiger partial charge < -0.3 is 14.6 Å². The van der Waals surface area contributed by atoms with Crippen molar-refractivity contribution in [1.29, 1.82) is 0 Å². The van der Waals surface area contributed by atoms with Crippen molar-refractivity contribution in [3.05, 3.63) is 29.5 Å². The Morgan fingerprint density at radius 1 is 1.38 bits per heavy atom. The number of likely N-dealkylation sites (tertiary alicyclic amines) is 1. The average Bonchev–Trinajstić information content (AvgIpc) is 2.96. The minimum Gasteiger partial charge on any atom is -0.462 e. The Kier molecular flexibility index (Phi) is 3.80. The standard InChI is InChI=1S/C16H21N3OS/c1-2-15(20-7-1)16-18-13(11-21-16)9-17-8-12-5-6-19(10-12)14-3-4-14/h1-2,7,11-12,14,17H,3-6,8-10H2. The first-order valence-electron chi connectivity index (χ1n) is 7.81. The van der Waals surface area contributed by atoms with Crippen LogP contribution >= 0.6 is 11.3 Å². The van der Waals surface area contributed by atoms with E-state index in [4.69, 9.17) is 4.42 Å². The molecule has 0 bridgehead atoms. The van der Waals surface area contributed by atoms with Crippen LogP contribution in [0.25, 0.3) is 10.8 Å². The number of thiazole rings is 1. The second-order valence-electron chi connectivity index (χ2n) is 6.13. The van der Waals surface area contributed by atoms with Crippen LogP contribution in [0.3, 0.4) is 0 Å². The van der Waals surface area contributed by atoms with E-state index in [1.165, 1.54) is 32.4 Å². The quantitative estimate of drug-likeness (QED) is 0.891. The van der Waals surface area contributed by atoms with Crippen LogP contribution in [-0.4, -0.2) is 35.6 Å². The minimum atomic E-state index is 0.814. The summed E-state index contributed by atoms with van der Waals surface area (Å²) in [4.78, 5) is 7.29. The van der Waals surface area contributed by atoms with E-state index in [2.05, 4.69) is 20.6 Å². The molecule has 5 heteroatoms. The Morgan fingerprint density at radius 2 is 2.33 bits per heavy atom. The molecule has 112 valence electrons. The van der Waals surface area contributed by atoms with Gasteiger partial charge in [0, 0.05) is 24.5 Å². The summed E-state index contributed by atoms with van der Waals surface area (Å²) in [5.41, 5.74) is 1.11. The monoisotopic (exact) mass is 303 g/mol. The summed E-state index contributed by atoms with van der Waals surface area (Å²) in [5, 5.41) is 6.66. The predicted octanol–water partition coefficient (Wildman–Crippen LogP) is 2.98. The van der Waals surface area contributed by atoms with Crippen molar-refractivity contribution < 1.29 is 4.42 Å². The predicted molar refractivity (Wildman–Crippen MR) is 84.2 cm³/mol. The molecule has 1 saturated carbocycles. The van der Waals surface area contributed by atoms with Crippen molar-refractivity contribution >= 4 is 11.3 Å². The molecule has 3 heterocycles. The van der Waals surface area contributed by atoms with Gasteiger partial charge in [0.25, 0.3) is 0 Å². The summed E-state index contributed by atoms with van der Waals surface area (Å²) in [6.07, 6.45) is 5.89. The number of hydrogen-bond acceptors (Lipinski definition) is 5. The number of furan rings is 1. The van der Waals surface area contributed by atoms with Crippen LogP contribution in [-0.2, 0) is 6.54 Å². The van der Waals surface area contributed by atoms with Crippen LogP contribution in [0, 0.1) is 5.92 Å². The second kappa shape index (κ2) is 5.91. The Labute approximate surface area is 129 Å². The van der Waals surface area contributed by atoms with E-state index in [9.17, 15) is 0 Å². The molecule has 4 nitrogen and oxygen atoms in total.